The van der Waals surface area contributed by atoms with E-state index in [9.17, 15) is 9.59 Å². The van der Waals surface area contributed by atoms with E-state index >= 15 is 0 Å². The molecule has 126 valence electrons. The Bertz CT molecular complexity index is 715. The first-order chi connectivity index (χ1) is 11.5. The summed E-state index contributed by atoms with van der Waals surface area (Å²) in [4.78, 5) is 22.9. The van der Waals surface area contributed by atoms with Crippen LogP contribution in [-0.2, 0) is 4.79 Å². The molecule has 0 aliphatic carbocycles. The number of benzene rings is 2. The van der Waals surface area contributed by atoms with E-state index in [0.29, 0.717) is 5.75 Å². The lowest BCUT2D eigenvalue weighted by molar-refractivity contribution is -0.123. The minimum Gasteiger partial charge on any atom is -0.493 e. The van der Waals surface area contributed by atoms with Crippen molar-refractivity contribution < 1.29 is 24.2 Å². The predicted octanol–water partition coefficient (Wildman–Crippen LogP) is 2.65. The van der Waals surface area contributed by atoms with Gasteiger partial charge in [0.15, 0.2) is 18.1 Å². The lowest BCUT2D eigenvalue weighted by Crippen LogP contribution is -2.31. The third kappa shape index (κ3) is 4.49. The summed E-state index contributed by atoms with van der Waals surface area (Å²) in [6.45, 7) is 1.69. The summed E-state index contributed by atoms with van der Waals surface area (Å²) in [5.74, 6) is -0.770. The maximum absolute atomic E-state index is 12.0. The second kappa shape index (κ2) is 8.01. The van der Waals surface area contributed by atoms with Crippen LogP contribution in [0.1, 0.15) is 28.9 Å². The summed E-state index contributed by atoms with van der Waals surface area (Å²) in [7, 11) is 1.41. The van der Waals surface area contributed by atoms with E-state index in [1.807, 2.05) is 37.3 Å². The number of nitrogens with one attached hydrogen (secondary N) is 1. The van der Waals surface area contributed by atoms with E-state index in [-0.39, 0.29) is 29.9 Å². The molecule has 2 N–H and O–H groups in total. The molecule has 6 heteroatoms. The van der Waals surface area contributed by atoms with Crippen molar-refractivity contribution in [3.05, 3.63) is 59.7 Å². The molecule has 1 amide bonds. The molecular formula is C18H19NO5. The number of hydrogen-bond donors (Lipinski definition) is 2. The summed E-state index contributed by atoms with van der Waals surface area (Å²) in [6, 6.07) is 13.7. The zero-order chi connectivity index (χ0) is 17.5. The number of carboxylic acids is 1. The van der Waals surface area contributed by atoms with E-state index in [2.05, 4.69) is 5.32 Å². The number of aromatic carboxylic acids is 1. The largest absolute Gasteiger partial charge is 0.493 e. The molecule has 2 aromatic rings. The molecule has 0 aliphatic rings. The van der Waals surface area contributed by atoms with E-state index in [4.69, 9.17) is 14.6 Å². The molecule has 0 bridgehead atoms. The number of hydrogen-bond acceptors (Lipinski definition) is 4. The Morgan fingerprint density at radius 2 is 1.83 bits per heavy atom. The zero-order valence-electron chi connectivity index (χ0n) is 13.5. The van der Waals surface area contributed by atoms with Crippen LogP contribution in [0, 0.1) is 0 Å². The topological polar surface area (TPSA) is 84.9 Å². The Morgan fingerprint density at radius 3 is 2.46 bits per heavy atom. The van der Waals surface area contributed by atoms with Gasteiger partial charge in [0.05, 0.1) is 18.7 Å². The van der Waals surface area contributed by atoms with Gasteiger partial charge in [-0.25, -0.2) is 4.79 Å². The van der Waals surface area contributed by atoms with Crippen LogP contribution in [0.2, 0.25) is 0 Å². The Morgan fingerprint density at radius 1 is 1.12 bits per heavy atom. The minimum absolute atomic E-state index is 0.0846. The number of carbonyl (C=O) groups excluding carboxylic acids is 1. The highest BCUT2D eigenvalue weighted by molar-refractivity contribution is 5.88. The van der Waals surface area contributed by atoms with Crippen molar-refractivity contribution >= 4 is 11.9 Å². The molecular weight excluding hydrogens is 310 g/mol. The van der Waals surface area contributed by atoms with Crippen LogP contribution in [0.25, 0.3) is 0 Å². The Hall–Kier alpha value is -3.02. The molecule has 2 aromatic carbocycles. The van der Waals surface area contributed by atoms with Gasteiger partial charge in [-0.2, -0.15) is 0 Å². The molecule has 1 unspecified atom stereocenters. The van der Waals surface area contributed by atoms with E-state index in [1.54, 1.807) is 0 Å². The number of rotatable bonds is 7. The summed E-state index contributed by atoms with van der Waals surface area (Å²) in [5.41, 5.74) is 1.08. The number of ether oxygens (including phenoxy) is 2. The normalized spacial score (nSPS) is 11.4. The van der Waals surface area contributed by atoms with Crippen LogP contribution >= 0.6 is 0 Å². The Kier molecular flexibility index (Phi) is 5.78. The summed E-state index contributed by atoms with van der Waals surface area (Å²) in [6.07, 6.45) is 0. The number of carboxylic acid groups (broad SMARTS) is 1. The van der Waals surface area contributed by atoms with Crippen LogP contribution in [0.4, 0.5) is 0 Å². The first-order valence-electron chi connectivity index (χ1n) is 7.39. The molecule has 0 heterocycles. The molecule has 0 aromatic heterocycles. The van der Waals surface area contributed by atoms with Gasteiger partial charge in [0.25, 0.3) is 5.91 Å². The number of methoxy groups -OCH3 is 1. The van der Waals surface area contributed by atoms with Crippen molar-refractivity contribution in [1.82, 2.24) is 5.32 Å². The first kappa shape index (κ1) is 17.3. The van der Waals surface area contributed by atoms with E-state index in [0.717, 1.165) is 5.56 Å². The van der Waals surface area contributed by atoms with Crippen molar-refractivity contribution in [2.75, 3.05) is 13.7 Å². The standard InChI is InChI=1S/C18H19NO5/c1-12(13-6-4-3-5-7-13)19-17(20)11-24-15-9-8-14(18(21)22)10-16(15)23-2/h3-10,12H,11H2,1-2H3,(H,19,20)(H,21,22). The highest BCUT2D eigenvalue weighted by atomic mass is 16.5. The summed E-state index contributed by atoms with van der Waals surface area (Å²) in [5, 5.41) is 11.8. The average molecular weight is 329 g/mol. The molecule has 6 nitrogen and oxygen atoms in total. The summed E-state index contributed by atoms with van der Waals surface area (Å²) < 4.78 is 10.5. The highest BCUT2D eigenvalue weighted by Gasteiger charge is 2.13. The molecule has 0 saturated carbocycles. The smallest absolute Gasteiger partial charge is 0.335 e. The molecule has 0 aliphatic heterocycles. The van der Waals surface area contributed by atoms with Crippen LogP contribution in [-0.4, -0.2) is 30.7 Å². The molecule has 0 fully saturated rings. The second-order valence-corrected chi connectivity index (χ2v) is 5.16. The lowest BCUT2D eigenvalue weighted by Gasteiger charge is -2.15. The molecule has 2 rings (SSSR count). The van der Waals surface area contributed by atoms with Crippen LogP contribution in [0.3, 0.4) is 0 Å². The maximum Gasteiger partial charge on any atom is 0.335 e. The molecule has 0 saturated heterocycles. The van der Waals surface area contributed by atoms with Gasteiger partial charge in [0.2, 0.25) is 0 Å². The van der Waals surface area contributed by atoms with Crippen molar-refractivity contribution in [3.8, 4) is 11.5 Å². The van der Waals surface area contributed by atoms with Crippen molar-refractivity contribution in [2.45, 2.75) is 13.0 Å². The lowest BCUT2D eigenvalue weighted by atomic mass is 10.1. The minimum atomic E-state index is -1.06. The first-order valence-corrected chi connectivity index (χ1v) is 7.39. The SMILES string of the molecule is COc1cc(C(=O)O)ccc1OCC(=O)NC(C)c1ccccc1. The van der Waals surface area contributed by atoms with Crippen molar-refractivity contribution in [3.63, 3.8) is 0 Å². The quantitative estimate of drug-likeness (QED) is 0.816. The Labute approximate surface area is 140 Å². The third-order valence-corrected chi connectivity index (χ3v) is 3.45. The molecule has 24 heavy (non-hydrogen) atoms. The van der Waals surface area contributed by atoms with Crippen LogP contribution < -0.4 is 14.8 Å². The molecule has 0 spiro atoms. The van der Waals surface area contributed by atoms with E-state index in [1.165, 1.54) is 25.3 Å². The van der Waals surface area contributed by atoms with Gasteiger partial charge >= 0.3 is 5.97 Å². The van der Waals surface area contributed by atoms with Gasteiger partial charge in [-0.05, 0) is 30.7 Å². The van der Waals surface area contributed by atoms with Gasteiger partial charge in [-0.15, -0.1) is 0 Å². The van der Waals surface area contributed by atoms with Crippen molar-refractivity contribution in [1.29, 1.82) is 0 Å². The second-order valence-electron chi connectivity index (χ2n) is 5.16. The van der Waals surface area contributed by atoms with Gasteiger partial charge in [-0.1, -0.05) is 30.3 Å². The number of amides is 1. The van der Waals surface area contributed by atoms with Gasteiger partial charge in [0.1, 0.15) is 0 Å². The van der Waals surface area contributed by atoms with Gasteiger partial charge in [0, 0.05) is 0 Å². The van der Waals surface area contributed by atoms with Crippen LogP contribution in [0.15, 0.2) is 48.5 Å². The number of carbonyl (C=O) groups is 2. The average Bonchev–Trinajstić information content (AvgIpc) is 2.60. The maximum atomic E-state index is 12.0. The summed E-state index contributed by atoms with van der Waals surface area (Å²) >= 11 is 0. The predicted molar refractivity (Wildman–Crippen MR) is 88.4 cm³/mol. The zero-order valence-corrected chi connectivity index (χ0v) is 13.5. The van der Waals surface area contributed by atoms with Gasteiger partial charge in [-0.3, -0.25) is 4.79 Å². The molecule has 0 radical (unpaired) electrons. The third-order valence-electron chi connectivity index (χ3n) is 3.45. The van der Waals surface area contributed by atoms with Gasteiger partial charge < -0.3 is 19.9 Å². The highest BCUT2D eigenvalue weighted by Crippen LogP contribution is 2.28. The molecule has 1 atom stereocenters. The fourth-order valence-electron chi connectivity index (χ4n) is 2.17. The van der Waals surface area contributed by atoms with E-state index < -0.39 is 5.97 Å². The van der Waals surface area contributed by atoms with Crippen LogP contribution in [0.5, 0.6) is 11.5 Å². The fourth-order valence-corrected chi connectivity index (χ4v) is 2.17. The fraction of sp³-hybridized carbons (Fsp3) is 0.222. The van der Waals surface area contributed by atoms with Crippen molar-refractivity contribution in [2.24, 2.45) is 0 Å². The monoisotopic (exact) mass is 329 g/mol. The Balaban J connectivity index is 1.95.